The first-order valence-electron chi connectivity index (χ1n) is 19.5. The fourth-order valence-electron chi connectivity index (χ4n) is 5.56. The molecule has 0 aliphatic heterocycles. The molecule has 0 saturated carbocycles. The molecule has 0 aromatic rings. The molecule has 9 nitrogen and oxygen atoms in total. The maximum atomic E-state index is 12.0. The van der Waals surface area contributed by atoms with Gasteiger partial charge < -0.3 is 20.1 Å². The van der Waals surface area contributed by atoms with E-state index < -0.39 is 26.5 Å². The second kappa shape index (κ2) is 34.9. The Bertz CT molecular complexity index is 754. The lowest BCUT2D eigenvalue weighted by molar-refractivity contribution is -0.147. The molecule has 10 heteroatoms. The molecule has 0 aromatic heterocycles. The fourth-order valence-corrected chi connectivity index (χ4v) is 6.31. The van der Waals surface area contributed by atoms with Crippen LogP contribution in [0.2, 0.25) is 0 Å². The number of unbranched alkanes of at least 4 members (excludes halogenated alkanes) is 24. The lowest BCUT2D eigenvalue weighted by Gasteiger charge is -2.15. The zero-order valence-electron chi connectivity index (χ0n) is 30.5. The van der Waals surface area contributed by atoms with Crippen LogP contribution in [0.4, 0.5) is 0 Å². The van der Waals surface area contributed by atoms with Crippen molar-refractivity contribution in [1.29, 1.82) is 0 Å². The van der Waals surface area contributed by atoms with Gasteiger partial charge in [-0.15, -0.1) is 0 Å². The first kappa shape index (κ1) is 46.0. The van der Waals surface area contributed by atoms with Crippen LogP contribution in [0.15, 0.2) is 0 Å². The average molecular weight is 692 g/mol. The van der Waals surface area contributed by atoms with Crippen molar-refractivity contribution in [2.45, 2.75) is 200 Å². The van der Waals surface area contributed by atoms with Gasteiger partial charge in [0.05, 0.1) is 13.2 Å². The van der Waals surface area contributed by atoms with Crippen LogP contribution in [-0.4, -0.2) is 54.3 Å². The van der Waals surface area contributed by atoms with Crippen LogP contribution in [-0.2, 0) is 27.9 Å². The van der Waals surface area contributed by atoms with Gasteiger partial charge in [0, 0.05) is 19.4 Å². The Morgan fingerprint density at radius 3 is 1.38 bits per heavy atom. The largest absolute Gasteiger partial charge is 0.472 e. The van der Waals surface area contributed by atoms with E-state index in [9.17, 15) is 24.2 Å². The number of aliphatic hydroxyl groups is 1. The summed E-state index contributed by atoms with van der Waals surface area (Å²) in [6.07, 6.45) is 31.7. The van der Waals surface area contributed by atoms with Gasteiger partial charge in [-0.05, 0) is 12.8 Å². The molecule has 0 aliphatic rings. The van der Waals surface area contributed by atoms with Crippen molar-refractivity contribution < 1.29 is 37.9 Å². The van der Waals surface area contributed by atoms with Gasteiger partial charge in [0.2, 0.25) is 5.91 Å². The predicted molar refractivity (Wildman–Crippen MR) is 192 cm³/mol. The third-order valence-electron chi connectivity index (χ3n) is 8.54. The monoisotopic (exact) mass is 692 g/mol. The summed E-state index contributed by atoms with van der Waals surface area (Å²) in [5, 5.41) is 12.6. The maximum Gasteiger partial charge on any atom is 0.472 e. The summed E-state index contributed by atoms with van der Waals surface area (Å²) in [5.41, 5.74) is 0. The molecule has 2 atom stereocenters. The molecule has 0 spiro atoms. The highest BCUT2D eigenvalue weighted by atomic mass is 31.2. The zero-order valence-corrected chi connectivity index (χ0v) is 31.4. The van der Waals surface area contributed by atoms with Gasteiger partial charge in [0.15, 0.2) is 0 Å². The van der Waals surface area contributed by atoms with E-state index in [0.717, 1.165) is 38.5 Å². The molecule has 0 bridgehead atoms. The van der Waals surface area contributed by atoms with E-state index in [1.165, 1.54) is 128 Å². The van der Waals surface area contributed by atoms with Gasteiger partial charge in [-0.2, -0.15) is 0 Å². The Kier molecular flexibility index (Phi) is 34.1. The summed E-state index contributed by atoms with van der Waals surface area (Å²) >= 11 is 0. The van der Waals surface area contributed by atoms with Crippen LogP contribution in [0.1, 0.15) is 194 Å². The van der Waals surface area contributed by atoms with Crippen LogP contribution in [0, 0.1) is 0 Å². The predicted octanol–water partition coefficient (Wildman–Crippen LogP) is 10.1. The topological polar surface area (TPSA) is 131 Å². The number of phosphoric acid groups is 1. The molecule has 0 heterocycles. The normalized spacial score (nSPS) is 13.4. The molecule has 0 fully saturated rings. The summed E-state index contributed by atoms with van der Waals surface area (Å²) in [6, 6.07) is 0. The van der Waals surface area contributed by atoms with Crippen molar-refractivity contribution in [3.8, 4) is 0 Å². The number of rotatable bonds is 37. The third-order valence-corrected chi connectivity index (χ3v) is 9.52. The summed E-state index contributed by atoms with van der Waals surface area (Å²) in [4.78, 5) is 33.7. The van der Waals surface area contributed by atoms with Crippen molar-refractivity contribution >= 4 is 19.7 Å². The van der Waals surface area contributed by atoms with E-state index in [-0.39, 0.29) is 25.7 Å². The molecule has 0 aliphatic carbocycles. The molecule has 0 saturated heterocycles. The number of amides is 1. The van der Waals surface area contributed by atoms with Crippen molar-refractivity contribution in [1.82, 2.24) is 5.32 Å². The van der Waals surface area contributed by atoms with Gasteiger partial charge in [-0.25, -0.2) is 4.57 Å². The Balaban J connectivity index is 3.58. The number of carbonyl (C=O) groups is 2. The second-order valence-electron chi connectivity index (χ2n) is 13.3. The molecule has 2 unspecified atom stereocenters. The van der Waals surface area contributed by atoms with Gasteiger partial charge >= 0.3 is 13.8 Å². The number of nitrogens with one attached hydrogen (secondary N) is 1. The van der Waals surface area contributed by atoms with Crippen molar-refractivity contribution in [3.05, 3.63) is 0 Å². The molecule has 0 aromatic carbocycles. The van der Waals surface area contributed by atoms with Crippen LogP contribution in [0.3, 0.4) is 0 Å². The SMILES string of the molecule is CCCCCCCCCCCCCCCCCC(=O)OCC(O)COP(=O)(O)OCCNC(=O)CCCCCCCCCCCCC. The molecule has 47 heavy (non-hydrogen) atoms. The van der Waals surface area contributed by atoms with Crippen molar-refractivity contribution in [2.24, 2.45) is 0 Å². The standard InChI is InChI=1S/C37H74NO8P/c1-3-5-7-9-11-13-15-16-17-18-20-22-24-26-28-30-37(41)44-33-35(39)34-46-47(42,43)45-32-31-38-36(40)29-27-25-23-21-19-14-12-10-8-6-4-2/h35,39H,3-34H2,1-2H3,(H,38,40)(H,42,43). The van der Waals surface area contributed by atoms with E-state index in [0.29, 0.717) is 12.8 Å². The Morgan fingerprint density at radius 1 is 0.574 bits per heavy atom. The molecule has 280 valence electrons. The number of phosphoric ester groups is 1. The minimum Gasteiger partial charge on any atom is -0.463 e. The van der Waals surface area contributed by atoms with E-state index in [4.69, 9.17) is 13.8 Å². The van der Waals surface area contributed by atoms with Gasteiger partial charge in [-0.3, -0.25) is 18.6 Å². The summed E-state index contributed by atoms with van der Waals surface area (Å²) < 4.78 is 26.8. The highest BCUT2D eigenvalue weighted by Gasteiger charge is 2.23. The fraction of sp³-hybridized carbons (Fsp3) is 0.946. The summed E-state index contributed by atoms with van der Waals surface area (Å²) in [5.74, 6) is -0.508. The van der Waals surface area contributed by atoms with Crippen LogP contribution >= 0.6 is 7.82 Å². The highest BCUT2D eigenvalue weighted by Crippen LogP contribution is 2.42. The summed E-state index contributed by atoms with van der Waals surface area (Å²) in [7, 11) is -4.40. The van der Waals surface area contributed by atoms with E-state index >= 15 is 0 Å². The zero-order chi connectivity index (χ0) is 34.7. The van der Waals surface area contributed by atoms with Gasteiger partial charge in [-0.1, -0.05) is 168 Å². The quantitative estimate of drug-likeness (QED) is 0.0333. The molecular formula is C37H74NO8P. The maximum absolute atomic E-state index is 12.0. The first-order valence-corrected chi connectivity index (χ1v) is 21.0. The number of hydrogen-bond acceptors (Lipinski definition) is 7. The Labute approximate surface area is 288 Å². The minimum absolute atomic E-state index is 0.0875. The number of carbonyl (C=O) groups excluding carboxylic acids is 2. The second-order valence-corrected chi connectivity index (χ2v) is 14.7. The lowest BCUT2D eigenvalue weighted by atomic mass is 10.0. The van der Waals surface area contributed by atoms with E-state index in [2.05, 4.69) is 19.2 Å². The van der Waals surface area contributed by atoms with Crippen LogP contribution in [0.25, 0.3) is 0 Å². The molecule has 1 amide bonds. The van der Waals surface area contributed by atoms with E-state index in [1.54, 1.807) is 0 Å². The van der Waals surface area contributed by atoms with Gasteiger partial charge in [0.25, 0.3) is 0 Å². The Hall–Kier alpha value is -0.990. The smallest absolute Gasteiger partial charge is 0.463 e. The molecule has 0 radical (unpaired) electrons. The number of ether oxygens (including phenoxy) is 1. The summed E-state index contributed by atoms with van der Waals surface area (Å²) in [6.45, 7) is 3.56. The van der Waals surface area contributed by atoms with Crippen molar-refractivity contribution in [2.75, 3.05) is 26.4 Å². The first-order chi connectivity index (χ1) is 22.8. The van der Waals surface area contributed by atoms with Crippen LogP contribution < -0.4 is 5.32 Å². The van der Waals surface area contributed by atoms with Crippen LogP contribution in [0.5, 0.6) is 0 Å². The molecular weight excluding hydrogens is 617 g/mol. The average Bonchev–Trinajstić information content (AvgIpc) is 3.05. The molecule has 3 N–H and O–H groups in total. The third kappa shape index (κ3) is 36.1. The lowest BCUT2D eigenvalue weighted by Crippen LogP contribution is -2.27. The highest BCUT2D eigenvalue weighted by molar-refractivity contribution is 7.47. The Morgan fingerprint density at radius 2 is 0.957 bits per heavy atom. The minimum atomic E-state index is -4.40. The van der Waals surface area contributed by atoms with Gasteiger partial charge in [0.1, 0.15) is 12.7 Å². The number of aliphatic hydroxyl groups excluding tert-OH is 1. The number of hydrogen-bond donors (Lipinski definition) is 3. The molecule has 0 rings (SSSR count). The van der Waals surface area contributed by atoms with E-state index in [1.807, 2.05) is 0 Å². The number of esters is 1. The van der Waals surface area contributed by atoms with Crippen molar-refractivity contribution in [3.63, 3.8) is 0 Å².